The number of alkyl carbamates (subject to hydrolysis) is 1. The molecular weight excluding hydrogens is 310 g/mol. The molecule has 7 nitrogen and oxygen atoms in total. The molecule has 3 rings (SSSR count). The molecule has 3 unspecified atom stereocenters. The molecule has 0 aliphatic carbocycles. The van der Waals surface area contributed by atoms with Crippen LogP contribution in [0.3, 0.4) is 0 Å². The Kier molecular flexibility index (Phi) is 4.21. The number of aromatic nitrogens is 1. The molecule has 0 bridgehead atoms. The van der Waals surface area contributed by atoms with Gasteiger partial charge in [0.2, 0.25) is 0 Å². The maximum Gasteiger partial charge on any atom is 0.408 e. The Hall–Kier alpha value is -2.15. The summed E-state index contributed by atoms with van der Waals surface area (Å²) in [6.45, 7) is 6.04. The van der Waals surface area contributed by atoms with Gasteiger partial charge in [0.25, 0.3) is 0 Å². The minimum atomic E-state index is -0.897. The highest BCUT2D eigenvalue weighted by Crippen LogP contribution is 2.34. The molecule has 24 heavy (non-hydrogen) atoms. The molecule has 3 atom stereocenters. The van der Waals surface area contributed by atoms with E-state index in [1.165, 1.54) is 0 Å². The number of amides is 1. The van der Waals surface area contributed by atoms with Gasteiger partial charge in [-0.25, -0.2) is 4.79 Å². The number of carbonyl (C=O) groups is 2. The van der Waals surface area contributed by atoms with E-state index in [-0.39, 0.29) is 0 Å². The van der Waals surface area contributed by atoms with Gasteiger partial charge in [-0.05, 0) is 45.9 Å². The van der Waals surface area contributed by atoms with Crippen LogP contribution in [-0.2, 0) is 20.7 Å². The van der Waals surface area contributed by atoms with Crippen LogP contribution in [0.4, 0.5) is 4.79 Å². The topological polar surface area (TPSA) is 89.5 Å². The summed E-state index contributed by atoms with van der Waals surface area (Å²) in [6.07, 6.45) is 1.81. The maximum atomic E-state index is 12.7. The number of hydrogen-bond donors (Lipinski definition) is 2. The molecule has 0 spiro atoms. The van der Waals surface area contributed by atoms with E-state index in [4.69, 9.17) is 9.47 Å². The van der Waals surface area contributed by atoms with Gasteiger partial charge in [0.1, 0.15) is 23.3 Å². The number of hydrogen-bond acceptors (Lipinski definition) is 6. The summed E-state index contributed by atoms with van der Waals surface area (Å²) in [5.41, 5.74) is -0.724. The lowest BCUT2D eigenvalue weighted by molar-refractivity contribution is -0.161. The number of esters is 1. The fourth-order valence-corrected chi connectivity index (χ4v) is 3.37. The van der Waals surface area contributed by atoms with Crippen molar-refractivity contribution in [1.82, 2.24) is 15.6 Å². The van der Waals surface area contributed by atoms with E-state index in [1.54, 1.807) is 6.20 Å². The SMILES string of the molecule is CC(C)(C)OC(=O)C1NCCC2OC(=O)NC21Cc1ccccn1. The van der Waals surface area contributed by atoms with E-state index in [2.05, 4.69) is 15.6 Å². The lowest BCUT2D eigenvalue weighted by Crippen LogP contribution is -2.70. The zero-order valence-corrected chi connectivity index (χ0v) is 14.2. The molecule has 1 aromatic heterocycles. The van der Waals surface area contributed by atoms with Crippen LogP contribution in [0.1, 0.15) is 32.9 Å². The van der Waals surface area contributed by atoms with Crippen LogP contribution in [0.15, 0.2) is 24.4 Å². The molecule has 130 valence electrons. The first-order valence-electron chi connectivity index (χ1n) is 8.15. The first-order chi connectivity index (χ1) is 11.3. The Morgan fingerprint density at radius 2 is 2.25 bits per heavy atom. The minimum absolute atomic E-state index is 0.390. The zero-order valence-electron chi connectivity index (χ0n) is 14.2. The molecule has 2 aliphatic heterocycles. The molecular formula is C17H23N3O4. The van der Waals surface area contributed by atoms with E-state index < -0.39 is 35.3 Å². The quantitative estimate of drug-likeness (QED) is 0.807. The highest BCUT2D eigenvalue weighted by molar-refractivity contribution is 5.82. The van der Waals surface area contributed by atoms with Crippen molar-refractivity contribution in [2.24, 2.45) is 0 Å². The van der Waals surface area contributed by atoms with Crippen LogP contribution in [-0.4, -0.2) is 46.9 Å². The molecule has 3 heterocycles. The smallest absolute Gasteiger partial charge is 0.408 e. The number of pyridine rings is 1. The highest BCUT2D eigenvalue weighted by atomic mass is 16.6. The summed E-state index contributed by atoms with van der Waals surface area (Å²) in [5, 5.41) is 6.07. The fourth-order valence-electron chi connectivity index (χ4n) is 3.37. The van der Waals surface area contributed by atoms with Crippen molar-refractivity contribution in [3.8, 4) is 0 Å². The van der Waals surface area contributed by atoms with Gasteiger partial charge in [0, 0.05) is 18.3 Å². The minimum Gasteiger partial charge on any atom is -0.459 e. The van der Waals surface area contributed by atoms with Crippen molar-refractivity contribution in [1.29, 1.82) is 0 Å². The number of piperidine rings is 1. The Bertz CT molecular complexity index is 628. The van der Waals surface area contributed by atoms with Gasteiger partial charge >= 0.3 is 12.1 Å². The number of ether oxygens (including phenoxy) is 2. The molecule has 0 aromatic carbocycles. The van der Waals surface area contributed by atoms with Crippen LogP contribution >= 0.6 is 0 Å². The summed E-state index contributed by atoms with van der Waals surface area (Å²) in [7, 11) is 0. The molecule has 2 saturated heterocycles. The second-order valence-corrected chi connectivity index (χ2v) is 7.27. The highest BCUT2D eigenvalue weighted by Gasteiger charge is 2.59. The largest absolute Gasteiger partial charge is 0.459 e. The average molecular weight is 333 g/mol. The summed E-state index contributed by atoms with van der Waals surface area (Å²) in [6, 6.07) is 4.89. The maximum absolute atomic E-state index is 12.7. The van der Waals surface area contributed by atoms with Gasteiger partial charge in [-0.1, -0.05) is 6.07 Å². The van der Waals surface area contributed by atoms with Crippen LogP contribution in [0.5, 0.6) is 0 Å². The summed E-state index contributed by atoms with van der Waals surface area (Å²) >= 11 is 0. The molecule has 1 amide bonds. The van der Waals surface area contributed by atoms with Crippen molar-refractivity contribution in [3.63, 3.8) is 0 Å². The standard InChI is InChI=1S/C17H23N3O4/c1-16(2,3)24-14(21)13-17(10-11-6-4-5-8-18-11)12(7-9-19-13)23-15(22)20-17/h4-6,8,12-13,19H,7,9-10H2,1-3H3,(H,20,22). The molecule has 0 radical (unpaired) electrons. The van der Waals surface area contributed by atoms with Crippen LogP contribution in [0.2, 0.25) is 0 Å². The number of fused-ring (bicyclic) bond motifs is 1. The van der Waals surface area contributed by atoms with Gasteiger partial charge in [-0.3, -0.25) is 9.78 Å². The average Bonchev–Trinajstić information content (AvgIpc) is 2.81. The van der Waals surface area contributed by atoms with Crippen molar-refractivity contribution in [2.75, 3.05) is 6.54 Å². The number of rotatable bonds is 3. The van der Waals surface area contributed by atoms with Crippen molar-refractivity contribution in [3.05, 3.63) is 30.1 Å². The van der Waals surface area contributed by atoms with E-state index in [0.717, 1.165) is 5.69 Å². The van der Waals surface area contributed by atoms with E-state index in [9.17, 15) is 9.59 Å². The monoisotopic (exact) mass is 333 g/mol. The molecule has 0 saturated carbocycles. The fraction of sp³-hybridized carbons (Fsp3) is 0.588. The van der Waals surface area contributed by atoms with Gasteiger partial charge < -0.3 is 20.1 Å². The van der Waals surface area contributed by atoms with E-state index in [1.807, 2.05) is 39.0 Å². The number of nitrogens with one attached hydrogen (secondary N) is 2. The molecule has 7 heteroatoms. The molecule has 1 aromatic rings. The Balaban J connectivity index is 1.93. The van der Waals surface area contributed by atoms with Crippen LogP contribution in [0, 0.1) is 0 Å². The number of carbonyl (C=O) groups excluding carboxylic acids is 2. The molecule has 2 N–H and O–H groups in total. The summed E-state index contributed by atoms with van der Waals surface area (Å²) < 4.78 is 11.0. The van der Waals surface area contributed by atoms with Crippen molar-refractivity contribution >= 4 is 12.1 Å². The predicted molar refractivity (Wildman–Crippen MR) is 86.3 cm³/mol. The third-order valence-corrected chi connectivity index (χ3v) is 4.27. The van der Waals surface area contributed by atoms with Crippen LogP contribution in [0.25, 0.3) is 0 Å². The lowest BCUT2D eigenvalue weighted by Gasteiger charge is -2.43. The van der Waals surface area contributed by atoms with Crippen LogP contribution < -0.4 is 10.6 Å². The lowest BCUT2D eigenvalue weighted by atomic mass is 9.76. The predicted octanol–water partition coefficient (Wildman–Crippen LogP) is 1.17. The number of nitrogens with zero attached hydrogens (tertiary/aromatic N) is 1. The second-order valence-electron chi connectivity index (χ2n) is 7.27. The third kappa shape index (κ3) is 3.21. The van der Waals surface area contributed by atoms with Crippen molar-refractivity contribution < 1.29 is 19.1 Å². The van der Waals surface area contributed by atoms with E-state index >= 15 is 0 Å². The summed E-state index contributed by atoms with van der Waals surface area (Å²) in [5.74, 6) is -0.395. The van der Waals surface area contributed by atoms with Gasteiger partial charge in [0.05, 0.1) is 0 Å². The van der Waals surface area contributed by atoms with E-state index in [0.29, 0.717) is 19.4 Å². The van der Waals surface area contributed by atoms with Gasteiger partial charge in [0.15, 0.2) is 0 Å². The third-order valence-electron chi connectivity index (χ3n) is 4.27. The summed E-state index contributed by atoms with van der Waals surface area (Å²) in [4.78, 5) is 29.0. The van der Waals surface area contributed by atoms with Gasteiger partial charge in [-0.2, -0.15) is 0 Å². The Labute approximate surface area is 141 Å². The zero-order chi connectivity index (χ0) is 17.4. The normalized spacial score (nSPS) is 29.4. The van der Waals surface area contributed by atoms with Gasteiger partial charge in [-0.15, -0.1) is 0 Å². The molecule has 2 aliphatic rings. The van der Waals surface area contributed by atoms with Crippen molar-refractivity contribution in [2.45, 2.75) is 56.9 Å². The molecule has 2 fully saturated rings. The second kappa shape index (κ2) is 6.05. The first-order valence-corrected chi connectivity index (χ1v) is 8.15. The Morgan fingerprint density at radius 1 is 1.46 bits per heavy atom. The first kappa shape index (κ1) is 16.7. The Morgan fingerprint density at radius 3 is 2.92 bits per heavy atom.